The molecule has 2 aromatic rings. The Balaban J connectivity index is 1.54. The molecule has 1 aromatic carbocycles. The molecule has 1 saturated carbocycles. The summed E-state index contributed by atoms with van der Waals surface area (Å²) in [5.41, 5.74) is 1.21. The second kappa shape index (κ2) is 7.81. The molecule has 0 saturated heterocycles. The maximum atomic E-state index is 10.1. The summed E-state index contributed by atoms with van der Waals surface area (Å²) in [6.07, 6.45) is 7.75. The molecule has 5 heteroatoms. The molecule has 0 amide bonds. The zero-order chi connectivity index (χ0) is 16.9. The Morgan fingerprint density at radius 3 is 2.71 bits per heavy atom. The van der Waals surface area contributed by atoms with Gasteiger partial charge < -0.3 is 19.7 Å². The summed E-state index contributed by atoms with van der Waals surface area (Å²) in [6, 6.07) is 8.57. The number of benzene rings is 1. The number of aliphatic hydroxyl groups is 1. The van der Waals surface area contributed by atoms with Gasteiger partial charge in [-0.1, -0.05) is 25.0 Å². The topological polar surface area (TPSA) is 59.3 Å². The highest BCUT2D eigenvalue weighted by Gasteiger charge is 2.24. The zero-order valence-corrected chi connectivity index (χ0v) is 14.5. The van der Waals surface area contributed by atoms with Crippen LogP contribution < -0.4 is 10.1 Å². The molecule has 1 heterocycles. The predicted octanol–water partition coefficient (Wildman–Crippen LogP) is 2.95. The Labute approximate surface area is 143 Å². The fourth-order valence-electron chi connectivity index (χ4n) is 3.26. The summed E-state index contributed by atoms with van der Waals surface area (Å²) in [7, 11) is 1.96. The van der Waals surface area contributed by atoms with Crippen molar-refractivity contribution in [3.05, 3.63) is 48.0 Å². The van der Waals surface area contributed by atoms with Gasteiger partial charge in [-0.15, -0.1) is 0 Å². The minimum Gasteiger partial charge on any atom is -0.486 e. The number of aliphatic hydroxyl groups excluding tert-OH is 1. The number of aryl methyl sites for hydroxylation is 1. The number of nitrogens with one attached hydrogen (secondary N) is 1. The van der Waals surface area contributed by atoms with E-state index in [-0.39, 0.29) is 18.2 Å². The van der Waals surface area contributed by atoms with E-state index < -0.39 is 0 Å². The smallest absolute Gasteiger partial charge is 0.146 e. The lowest BCUT2D eigenvalue weighted by Crippen LogP contribution is -2.43. The minimum absolute atomic E-state index is 0.202. The number of aromatic nitrogens is 2. The van der Waals surface area contributed by atoms with Gasteiger partial charge in [0.25, 0.3) is 0 Å². The van der Waals surface area contributed by atoms with Crippen LogP contribution >= 0.6 is 0 Å². The van der Waals surface area contributed by atoms with Crippen molar-refractivity contribution in [2.24, 2.45) is 7.05 Å². The fraction of sp³-hybridized carbons (Fsp3) is 0.526. The normalized spacial score (nSPS) is 22.3. The molecule has 5 nitrogen and oxygen atoms in total. The van der Waals surface area contributed by atoms with Crippen molar-refractivity contribution in [2.45, 2.75) is 57.4 Å². The van der Waals surface area contributed by atoms with Crippen LogP contribution in [0.4, 0.5) is 0 Å². The molecule has 0 spiro atoms. The zero-order valence-electron chi connectivity index (χ0n) is 14.5. The van der Waals surface area contributed by atoms with Crippen LogP contribution in [0.2, 0.25) is 0 Å². The van der Waals surface area contributed by atoms with Gasteiger partial charge in [0.2, 0.25) is 0 Å². The molecule has 0 bridgehead atoms. The van der Waals surface area contributed by atoms with Gasteiger partial charge in [-0.05, 0) is 37.5 Å². The molecule has 1 aliphatic rings. The molecule has 1 aromatic heterocycles. The Morgan fingerprint density at radius 1 is 1.29 bits per heavy atom. The second-order valence-corrected chi connectivity index (χ2v) is 6.66. The molecule has 0 aliphatic heterocycles. The third-order valence-electron chi connectivity index (χ3n) is 4.86. The van der Waals surface area contributed by atoms with Crippen LogP contribution in [0.1, 0.15) is 50.0 Å². The molecule has 1 fully saturated rings. The van der Waals surface area contributed by atoms with Crippen molar-refractivity contribution in [2.75, 3.05) is 0 Å². The van der Waals surface area contributed by atoms with Crippen LogP contribution in [0, 0.1) is 0 Å². The van der Waals surface area contributed by atoms with E-state index in [2.05, 4.69) is 29.4 Å². The number of ether oxygens (including phenoxy) is 1. The van der Waals surface area contributed by atoms with Crippen LogP contribution in [0.3, 0.4) is 0 Å². The molecule has 3 atom stereocenters. The van der Waals surface area contributed by atoms with Gasteiger partial charge in [0, 0.05) is 31.5 Å². The Hall–Kier alpha value is -1.85. The van der Waals surface area contributed by atoms with Crippen LogP contribution in [0.25, 0.3) is 0 Å². The first-order chi connectivity index (χ1) is 11.6. The second-order valence-electron chi connectivity index (χ2n) is 6.66. The summed E-state index contributed by atoms with van der Waals surface area (Å²) in [5.74, 6) is 1.74. The van der Waals surface area contributed by atoms with Crippen molar-refractivity contribution in [1.29, 1.82) is 0 Å². The average molecular weight is 329 g/mol. The lowest BCUT2D eigenvalue weighted by atomic mass is 9.91. The van der Waals surface area contributed by atoms with Crippen molar-refractivity contribution in [1.82, 2.24) is 14.9 Å². The molecular weight excluding hydrogens is 302 g/mol. The third kappa shape index (κ3) is 4.16. The molecule has 0 radical (unpaired) electrons. The van der Waals surface area contributed by atoms with E-state index in [9.17, 15) is 5.11 Å². The van der Waals surface area contributed by atoms with Gasteiger partial charge in [0.05, 0.1) is 6.10 Å². The summed E-state index contributed by atoms with van der Waals surface area (Å²) < 4.78 is 7.74. The van der Waals surface area contributed by atoms with Crippen LogP contribution in [0.15, 0.2) is 36.7 Å². The maximum absolute atomic E-state index is 10.1. The van der Waals surface area contributed by atoms with E-state index in [0.717, 1.165) is 30.8 Å². The summed E-state index contributed by atoms with van der Waals surface area (Å²) in [5, 5.41) is 13.7. The molecular formula is C19H27N3O2. The summed E-state index contributed by atoms with van der Waals surface area (Å²) >= 11 is 0. The van der Waals surface area contributed by atoms with E-state index in [0.29, 0.717) is 6.61 Å². The average Bonchev–Trinajstić information content (AvgIpc) is 3.00. The van der Waals surface area contributed by atoms with Gasteiger partial charge in [-0.2, -0.15) is 0 Å². The molecule has 130 valence electrons. The molecule has 3 unspecified atom stereocenters. The summed E-state index contributed by atoms with van der Waals surface area (Å²) in [6.45, 7) is 2.61. The fourth-order valence-corrected chi connectivity index (χ4v) is 3.26. The lowest BCUT2D eigenvalue weighted by molar-refractivity contribution is 0.0859. The van der Waals surface area contributed by atoms with E-state index in [4.69, 9.17) is 4.74 Å². The van der Waals surface area contributed by atoms with Crippen LogP contribution in [-0.2, 0) is 13.7 Å². The quantitative estimate of drug-likeness (QED) is 0.855. The first kappa shape index (κ1) is 17.0. The lowest BCUT2D eigenvalue weighted by Gasteiger charge is -2.31. The van der Waals surface area contributed by atoms with E-state index in [1.807, 2.05) is 29.9 Å². The van der Waals surface area contributed by atoms with Gasteiger partial charge >= 0.3 is 0 Å². The van der Waals surface area contributed by atoms with E-state index >= 15 is 0 Å². The van der Waals surface area contributed by atoms with Gasteiger partial charge in [0.1, 0.15) is 18.2 Å². The molecule has 24 heavy (non-hydrogen) atoms. The molecule has 1 aliphatic carbocycles. The summed E-state index contributed by atoms with van der Waals surface area (Å²) in [4.78, 5) is 4.25. The number of nitrogens with zero attached hydrogens (tertiary/aromatic N) is 2. The Morgan fingerprint density at radius 2 is 2.04 bits per heavy atom. The van der Waals surface area contributed by atoms with Crippen LogP contribution in [0.5, 0.6) is 5.75 Å². The highest BCUT2D eigenvalue weighted by atomic mass is 16.5. The Kier molecular flexibility index (Phi) is 5.53. The number of hydrogen-bond donors (Lipinski definition) is 2. The maximum Gasteiger partial charge on any atom is 0.146 e. The van der Waals surface area contributed by atoms with E-state index in [1.165, 1.54) is 12.0 Å². The SMILES string of the molecule is CC(NC1CCCCC1O)c1ccc(OCc2nccn2C)cc1. The van der Waals surface area contributed by atoms with Crippen LogP contribution in [-0.4, -0.2) is 26.8 Å². The number of imidazole rings is 1. The highest BCUT2D eigenvalue weighted by Crippen LogP contribution is 2.23. The van der Waals surface area contributed by atoms with Gasteiger partial charge in [0.15, 0.2) is 0 Å². The van der Waals surface area contributed by atoms with Crippen molar-refractivity contribution in [3.63, 3.8) is 0 Å². The van der Waals surface area contributed by atoms with Crippen molar-refractivity contribution >= 4 is 0 Å². The third-order valence-corrected chi connectivity index (χ3v) is 4.86. The Bertz CT molecular complexity index is 638. The highest BCUT2D eigenvalue weighted by molar-refractivity contribution is 5.29. The minimum atomic E-state index is -0.221. The molecule has 3 rings (SSSR count). The van der Waals surface area contributed by atoms with Gasteiger partial charge in [-0.25, -0.2) is 4.98 Å². The first-order valence-electron chi connectivity index (χ1n) is 8.76. The van der Waals surface area contributed by atoms with Gasteiger partial charge in [-0.3, -0.25) is 0 Å². The first-order valence-corrected chi connectivity index (χ1v) is 8.76. The van der Waals surface area contributed by atoms with Crippen molar-refractivity contribution < 1.29 is 9.84 Å². The van der Waals surface area contributed by atoms with Crippen molar-refractivity contribution in [3.8, 4) is 5.75 Å². The number of hydrogen-bond acceptors (Lipinski definition) is 4. The van der Waals surface area contributed by atoms with E-state index in [1.54, 1.807) is 6.20 Å². The molecule has 2 N–H and O–H groups in total. The number of rotatable bonds is 6. The standard InChI is InChI=1S/C19H27N3O2/c1-14(21-17-5-3-4-6-18(17)23)15-7-9-16(10-8-15)24-13-19-20-11-12-22(19)2/h7-12,14,17-18,21,23H,3-6,13H2,1-2H3. The largest absolute Gasteiger partial charge is 0.486 e. The monoisotopic (exact) mass is 329 g/mol. The predicted molar refractivity (Wildman–Crippen MR) is 93.8 cm³/mol.